The van der Waals surface area contributed by atoms with Crippen molar-refractivity contribution >= 4 is 27.6 Å². The van der Waals surface area contributed by atoms with Crippen molar-refractivity contribution < 1.29 is 9.13 Å². The zero-order valence-corrected chi connectivity index (χ0v) is 22.3. The van der Waals surface area contributed by atoms with E-state index in [9.17, 15) is 4.39 Å². The van der Waals surface area contributed by atoms with Gasteiger partial charge in [0.1, 0.15) is 22.8 Å². The van der Waals surface area contributed by atoms with Gasteiger partial charge < -0.3 is 15.0 Å². The number of benzene rings is 1. The van der Waals surface area contributed by atoms with Crippen LogP contribution in [0.3, 0.4) is 0 Å². The van der Waals surface area contributed by atoms with Crippen LogP contribution in [-0.4, -0.2) is 37.2 Å². The highest BCUT2D eigenvalue weighted by atomic mass is 19.1. The Morgan fingerprint density at radius 2 is 1.93 bits per heavy atom. The Bertz CT molecular complexity index is 1860. The van der Waals surface area contributed by atoms with E-state index in [-0.39, 0.29) is 0 Å². The molecule has 1 aromatic carbocycles. The Hall–Kier alpha value is -5.05. The first-order chi connectivity index (χ1) is 19.5. The zero-order valence-electron chi connectivity index (χ0n) is 22.3. The number of nitrogens with zero attached hydrogens (tertiary/aromatic N) is 4. The van der Waals surface area contributed by atoms with Crippen molar-refractivity contribution in [3.63, 3.8) is 0 Å². The molecule has 0 amide bonds. The lowest BCUT2D eigenvalue weighted by Gasteiger charge is -2.10. The van der Waals surface area contributed by atoms with Gasteiger partial charge in [0.15, 0.2) is 0 Å². The van der Waals surface area contributed by atoms with E-state index in [0.29, 0.717) is 22.7 Å². The fourth-order valence-electron chi connectivity index (χ4n) is 4.78. The maximum absolute atomic E-state index is 14.3. The topological polar surface area (TPSA) is 104 Å². The van der Waals surface area contributed by atoms with E-state index in [2.05, 4.69) is 44.0 Å². The maximum atomic E-state index is 14.3. The van der Waals surface area contributed by atoms with Crippen molar-refractivity contribution in [3.05, 3.63) is 85.2 Å². The zero-order chi connectivity index (χ0) is 27.6. The second-order valence-corrected chi connectivity index (χ2v) is 9.64. The molecular weight excluding hydrogens is 505 g/mol. The van der Waals surface area contributed by atoms with Crippen LogP contribution in [0.15, 0.2) is 79.4 Å². The highest BCUT2D eigenvalue weighted by molar-refractivity contribution is 5.99. The molecule has 0 radical (unpaired) electrons. The van der Waals surface area contributed by atoms with E-state index in [1.165, 1.54) is 19.2 Å². The van der Waals surface area contributed by atoms with Crippen LogP contribution >= 0.6 is 0 Å². The lowest BCUT2D eigenvalue weighted by atomic mass is 10.1. The molecule has 9 heteroatoms. The number of methoxy groups -OCH3 is 1. The minimum Gasteiger partial charge on any atom is -0.497 e. The van der Waals surface area contributed by atoms with Crippen LogP contribution in [0.2, 0.25) is 0 Å². The van der Waals surface area contributed by atoms with Gasteiger partial charge in [-0.2, -0.15) is 5.10 Å². The van der Waals surface area contributed by atoms with Crippen molar-refractivity contribution in [2.75, 3.05) is 12.4 Å². The summed E-state index contributed by atoms with van der Waals surface area (Å²) in [6.07, 6.45) is 8.39. The van der Waals surface area contributed by atoms with E-state index >= 15 is 0 Å². The predicted molar refractivity (Wildman–Crippen MR) is 156 cm³/mol. The Kier molecular flexibility index (Phi) is 6.69. The van der Waals surface area contributed by atoms with E-state index in [1.807, 2.05) is 30.3 Å². The van der Waals surface area contributed by atoms with Crippen molar-refractivity contribution in [2.45, 2.75) is 26.2 Å². The predicted octanol–water partition coefficient (Wildman–Crippen LogP) is 7.49. The number of nitrogens with one attached hydrogen (secondary N) is 3. The van der Waals surface area contributed by atoms with Crippen LogP contribution in [0.25, 0.3) is 55.8 Å². The van der Waals surface area contributed by atoms with Gasteiger partial charge in [-0.3, -0.25) is 15.1 Å². The largest absolute Gasteiger partial charge is 0.497 e. The third-order valence-corrected chi connectivity index (χ3v) is 6.78. The fraction of sp³-hybridized carbons (Fsp3) is 0.161. The molecule has 5 heterocycles. The molecule has 0 aliphatic rings. The molecule has 0 spiro atoms. The number of ether oxygens (including phenoxy) is 1. The van der Waals surface area contributed by atoms with Gasteiger partial charge in [0.05, 0.1) is 41.6 Å². The second-order valence-electron chi connectivity index (χ2n) is 9.64. The van der Waals surface area contributed by atoms with E-state index < -0.39 is 5.82 Å². The summed E-state index contributed by atoms with van der Waals surface area (Å²) in [5.74, 6) is 0.0385. The Morgan fingerprint density at radius 1 is 1.02 bits per heavy atom. The highest BCUT2D eigenvalue weighted by Crippen LogP contribution is 2.34. The van der Waals surface area contributed by atoms with Gasteiger partial charge >= 0.3 is 0 Å². The number of unbranched alkanes of at least 4 members (excludes halogenated alkanes) is 1. The normalized spacial score (nSPS) is 11.3. The SMILES string of the molecule is C=C(CCCC)Nc1cncc(-c2ccc3[nH]nc(-c4cc5c(-c6cc(F)cc(OC)c6)nccc5[nH]4)c3n2)c1. The second kappa shape index (κ2) is 10.6. The molecule has 0 fully saturated rings. The Balaban J connectivity index is 1.38. The number of allylic oxidation sites excluding steroid dienone is 1. The van der Waals surface area contributed by atoms with Gasteiger partial charge in [0.2, 0.25) is 0 Å². The molecular formula is C31H28FN7O. The maximum Gasteiger partial charge on any atom is 0.135 e. The van der Waals surface area contributed by atoms with Gasteiger partial charge in [-0.05, 0) is 55.3 Å². The van der Waals surface area contributed by atoms with Gasteiger partial charge in [-0.15, -0.1) is 0 Å². The molecule has 200 valence electrons. The van der Waals surface area contributed by atoms with Gasteiger partial charge in [0, 0.05) is 46.2 Å². The molecule has 0 unspecified atom stereocenters. The first-order valence-corrected chi connectivity index (χ1v) is 13.1. The Morgan fingerprint density at radius 3 is 2.77 bits per heavy atom. The molecule has 0 aliphatic carbocycles. The number of halogens is 1. The van der Waals surface area contributed by atoms with E-state index in [4.69, 9.17) is 9.72 Å². The smallest absolute Gasteiger partial charge is 0.135 e. The molecule has 0 bridgehead atoms. The van der Waals surface area contributed by atoms with Gasteiger partial charge in [-0.1, -0.05) is 19.9 Å². The minimum absolute atomic E-state index is 0.391. The molecule has 0 aliphatic heterocycles. The van der Waals surface area contributed by atoms with Crippen LogP contribution in [0.1, 0.15) is 26.2 Å². The minimum atomic E-state index is -0.391. The fourth-order valence-corrected chi connectivity index (χ4v) is 4.78. The van der Waals surface area contributed by atoms with Gasteiger partial charge in [0.25, 0.3) is 0 Å². The molecule has 6 aromatic rings. The molecule has 0 saturated heterocycles. The Labute approximate surface area is 230 Å². The summed E-state index contributed by atoms with van der Waals surface area (Å²) in [7, 11) is 1.51. The van der Waals surface area contributed by atoms with Crippen LogP contribution < -0.4 is 10.1 Å². The summed E-state index contributed by atoms with van der Waals surface area (Å²) in [5.41, 5.74) is 8.57. The molecule has 0 atom stereocenters. The highest BCUT2D eigenvalue weighted by Gasteiger charge is 2.17. The number of aromatic amines is 2. The first kappa shape index (κ1) is 25.2. The summed E-state index contributed by atoms with van der Waals surface area (Å²) in [6, 6.07) is 14.3. The van der Waals surface area contributed by atoms with Crippen LogP contribution in [0.4, 0.5) is 10.1 Å². The van der Waals surface area contributed by atoms with Crippen molar-refractivity contribution in [1.82, 2.24) is 30.1 Å². The number of hydrogen-bond donors (Lipinski definition) is 3. The van der Waals surface area contributed by atoms with Crippen molar-refractivity contribution in [1.29, 1.82) is 0 Å². The quantitative estimate of drug-likeness (QED) is 0.178. The summed E-state index contributed by atoms with van der Waals surface area (Å²) in [5, 5.41) is 11.8. The summed E-state index contributed by atoms with van der Waals surface area (Å²) in [6.45, 7) is 6.29. The molecule has 0 saturated carbocycles. The molecule has 6 rings (SSSR count). The summed E-state index contributed by atoms with van der Waals surface area (Å²) >= 11 is 0. The third-order valence-electron chi connectivity index (χ3n) is 6.78. The number of fused-ring (bicyclic) bond motifs is 2. The summed E-state index contributed by atoms with van der Waals surface area (Å²) < 4.78 is 19.5. The third kappa shape index (κ3) is 4.89. The number of pyridine rings is 3. The van der Waals surface area contributed by atoms with Crippen molar-refractivity contribution in [2.24, 2.45) is 0 Å². The summed E-state index contributed by atoms with van der Waals surface area (Å²) in [4.78, 5) is 17.3. The monoisotopic (exact) mass is 533 g/mol. The van der Waals surface area contributed by atoms with Crippen molar-refractivity contribution in [3.8, 4) is 39.7 Å². The van der Waals surface area contributed by atoms with Gasteiger partial charge in [-0.25, -0.2) is 9.37 Å². The lowest BCUT2D eigenvalue weighted by Crippen LogP contribution is -1.99. The number of rotatable bonds is 9. The average molecular weight is 534 g/mol. The molecule has 40 heavy (non-hydrogen) atoms. The molecule has 8 nitrogen and oxygen atoms in total. The van der Waals surface area contributed by atoms with Crippen LogP contribution in [0.5, 0.6) is 5.75 Å². The standard InChI is InChI=1S/C31H28FN7O/c1-4-5-6-18(2)35-22-12-20(16-33-17-22)25-7-8-27-30(37-25)31(39-38-27)28-15-24-26(36-28)9-10-34-29(24)19-11-21(32)14-23(13-19)40-3/h7-17,35-36H,2,4-6H2,1,3H3,(H,38,39). The van der Waals surface area contributed by atoms with E-state index in [0.717, 1.165) is 69.5 Å². The average Bonchev–Trinajstić information content (AvgIpc) is 3.59. The van der Waals surface area contributed by atoms with Crippen LogP contribution in [-0.2, 0) is 0 Å². The molecule has 3 N–H and O–H groups in total. The molecule has 5 aromatic heterocycles. The number of aromatic nitrogens is 6. The number of H-pyrrole nitrogens is 2. The lowest BCUT2D eigenvalue weighted by molar-refractivity contribution is 0.411. The first-order valence-electron chi connectivity index (χ1n) is 13.1. The number of anilines is 1. The van der Waals surface area contributed by atoms with E-state index in [1.54, 1.807) is 24.7 Å². The number of hydrogen-bond acceptors (Lipinski definition) is 6. The van der Waals surface area contributed by atoms with Crippen LogP contribution in [0, 0.1) is 5.82 Å².